The zero-order valence-corrected chi connectivity index (χ0v) is 15.6. The molecule has 0 radical (unpaired) electrons. The molecule has 3 heteroatoms. The Morgan fingerprint density at radius 3 is 2.60 bits per heavy atom. The van der Waals surface area contributed by atoms with E-state index in [0.29, 0.717) is 6.42 Å². The number of nitrogens with one attached hydrogen (secondary N) is 1. The van der Waals surface area contributed by atoms with E-state index >= 15 is 0 Å². The van der Waals surface area contributed by atoms with Gasteiger partial charge in [0.05, 0.1) is 12.7 Å². The van der Waals surface area contributed by atoms with E-state index in [1.165, 1.54) is 11.1 Å². The number of furan rings is 1. The molecular weight excluding hydrogens is 310 g/mol. The van der Waals surface area contributed by atoms with Gasteiger partial charge in [-0.2, -0.15) is 0 Å². The number of anilines is 1. The van der Waals surface area contributed by atoms with Crippen LogP contribution in [0.5, 0.6) is 0 Å². The number of fused-ring (bicyclic) bond motifs is 1. The lowest BCUT2D eigenvalue weighted by Gasteiger charge is -2.18. The van der Waals surface area contributed by atoms with Gasteiger partial charge in [0.1, 0.15) is 5.58 Å². The van der Waals surface area contributed by atoms with Gasteiger partial charge in [0, 0.05) is 16.6 Å². The van der Waals surface area contributed by atoms with Gasteiger partial charge in [0.15, 0.2) is 0 Å². The van der Waals surface area contributed by atoms with Crippen molar-refractivity contribution in [3.8, 4) is 0 Å². The van der Waals surface area contributed by atoms with E-state index in [1.54, 1.807) is 6.26 Å². The van der Waals surface area contributed by atoms with Crippen molar-refractivity contribution >= 4 is 22.6 Å². The average Bonchev–Trinajstić information content (AvgIpc) is 2.93. The summed E-state index contributed by atoms with van der Waals surface area (Å²) in [6.45, 7) is 10.6. The fourth-order valence-electron chi connectivity index (χ4n) is 2.94. The minimum absolute atomic E-state index is 0.0300. The number of rotatable bonds is 3. The molecule has 1 N–H and O–H groups in total. The van der Waals surface area contributed by atoms with Crippen LogP contribution >= 0.6 is 0 Å². The molecule has 0 bridgehead atoms. The van der Waals surface area contributed by atoms with E-state index in [9.17, 15) is 4.79 Å². The lowest BCUT2D eigenvalue weighted by atomic mass is 9.86. The zero-order valence-electron chi connectivity index (χ0n) is 15.6. The largest absolute Gasteiger partial charge is 0.464 e. The summed E-state index contributed by atoms with van der Waals surface area (Å²) >= 11 is 0. The second kappa shape index (κ2) is 6.40. The summed E-state index contributed by atoms with van der Waals surface area (Å²) in [4.78, 5) is 12.5. The van der Waals surface area contributed by atoms with Crippen molar-refractivity contribution < 1.29 is 9.21 Å². The molecular formula is C22H25NO2. The molecule has 1 amide bonds. The fraction of sp³-hybridized carbons (Fsp3) is 0.318. The van der Waals surface area contributed by atoms with Crippen molar-refractivity contribution in [1.82, 2.24) is 0 Å². The van der Waals surface area contributed by atoms with Crippen LogP contribution in [0.4, 0.5) is 5.69 Å². The number of carbonyl (C=O) groups is 1. The smallest absolute Gasteiger partial charge is 0.228 e. The molecule has 0 aliphatic rings. The molecule has 0 aliphatic heterocycles. The van der Waals surface area contributed by atoms with E-state index < -0.39 is 0 Å². The maximum absolute atomic E-state index is 12.5. The lowest BCUT2D eigenvalue weighted by Crippen LogP contribution is -2.15. The summed E-state index contributed by atoms with van der Waals surface area (Å²) in [6, 6.07) is 12.2. The second-order valence-electron chi connectivity index (χ2n) is 7.69. The van der Waals surface area contributed by atoms with Gasteiger partial charge in [-0.05, 0) is 54.2 Å². The lowest BCUT2D eigenvalue weighted by molar-refractivity contribution is -0.115. The van der Waals surface area contributed by atoms with E-state index in [0.717, 1.165) is 27.8 Å². The zero-order chi connectivity index (χ0) is 18.2. The molecule has 0 unspecified atom stereocenters. The molecule has 0 aliphatic carbocycles. The highest BCUT2D eigenvalue weighted by atomic mass is 16.3. The highest BCUT2D eigenvalue weighted by Gasteiger charge is 2.17. The Kier molecular flexibility index (Phi) is 4.42. The van der Waals surface area contributed by atoms with Crippen LogP contribution in [0.2, 0.25) is 0 Å². The molecule has 0 saturated heterocycles. The van der Waals surface area contributed by atoms with Gasteiger partial charge < -0.3 is 9.73 Å². The van der Waals surface area contributed by atoms with E-state index in [1.807, 2.05) is 38.1 Å². The van der Waals surface area contributed by atoms with Gasteiger partial charge in [-0.1, -0.05) is 39.0 Å². The van der Waals surface area contributed by atoms with Crippen LogP contribution in [0.3, 0.4) is 0 Å². The third-order valence-electron chi connectivity index (χ3n) is 4.75. The maximum Gasteiger partial charge on any atom is 0.228 e. The van der Waals surface area contributed by atoms with Gasteiger partial charge in [-0.25, -0.2) is 0 Å². The minimum Gasteiger partial charge on any atom is -0.464 e. The Labute approximate surface area is 149 Å². The minimum atomic E-state index is -0.0300. The number of carbonyl (C=O) groups excluding carboxylic acids is 1. The van der Waals surface area contributed by atoms with Crippen LogP contribution in [0.15, 0.2) is 47.1 Å². The molecule has 3 aromatic rings. The molecule has 0 fully saturated rings. The van der Waals surface area contributed by atoms with Crippen LogP contribution < -0.4 is 5.32 Å². The molecule has 1 heterocycles. The summed E-state index contributed by atoms with van der Waals surface area (Å²) < 4.78 is 5.63. The third kappa shape index (κ3) is 3.60. The number of hydrogen-bond donors (Lipinski definition) is 1. The number of aryl methyl sites for hydroxylation is 1. The quantitative estimate of drug-likeness (QED) is 0.684. The SMILES string of the molecule is Cc1cccc(NC(=O)Cc2coc3ccc(C(C)(C)C)cc23)c1C. The number of hydrogen-bond acceptors (Lipinski definition) is 2. The van der Waals surface area contributed by atoms with Gasteiger partial charge in [0.2, 0.25) is 5.91 Å². The molecule has 3 nitrogen and oxygen atoms in total. The van der Waals surface area contributed by atoms with Gasteiger partial charge in [-0.3, -0.25) is 4.79 Å². The molecule has 1 aromatic heterocycles. The van der Waals surface area contributed by atoms with Crippen molar-refractivity contribution in [2.45, 2.75) is 46.5 Å². The van der Waals surface area contributed by atoms with Crippen LogP contribution in [-0.4, -0.2) is 5.91 Å². The first kappa shape index (κ1) is 17.3. The van der Waals surface area contributed by atoms with Gasteiger partial charge >= 0.3 is 0 Å². The summed E-state index contributed by atoms with van der Waals surface area (Å²) in [5.74, 6) is -0.0300. The maximum atomic E-state index is 12.5. The summed E-state index contributed by atoms with van der Waals surface area (Å²) in [7, 11) is 0. The van der Waals surface area contributed by atoms with Crippen molar-refractivity contribution in [1.29, 1.82) is 0 Å². The van der Waals surface area contributed by atoms with Crippen LogP contribution in [0.1, 0.15) is 43.0 Å². The highest BCUT2D eigenvalue weighted by molar-refractivity contribution is 5.96. The topological polar surface area (TPSA) is 42.2 Å². The first-order valence-corrected chi connectivity index (χ1v) is 8.62. The first-order valence-electron chi connectivity index (χ1n) is 8.62. The molecule has 3 rings (SSSR count). The number of amides is 1. The van der Waals surface area contributed by atoms with Gasteiger partial charge in [0.25, 0.3) is 0 Å². The van der Waals surface area contributed by atoms with E-state index in [2.05, 4.69) is 38.2 Å². The Balaban J connectivity index is 1.85. The molecule has 0 atom stereocenters. The van der Waals surface area contributed by atoms with Crippen LogP contribution in [-0.2, 0) is 16.6 Å². The normalized spacial score (nSPS) is 11.7. The summed E-state index contributed by atoms with van der Waals surface area (Å²) in [6.07, 6.45) is 1.99. The molecule has 0 saturated carbocycles. The molecule has 0 spiro atoms. The number of benzene rings is 2. The Hall–Kier alpha value is -2.55. The predicted molar refractivity (Wildman–Crippen MR) is 103 cm³/mol. The van der Waals surface area contributed by atoms with Crippen molar-refractivity contribution in [3.63, 3.8) is 0 Å². The van der Waals surface area contributed by atoms with Crippen molar-refractivity contribution in [2.75, 3.05) is 5.32 Å². The Morgan fingerprint density at radius 1 is 1.12 bits per heavy atom. The Bertz CT molecular complexity index is 929. The second-order valence-corrected chi connectivity index (χ2v) is 7.69. The Morgan fingerprint density at radius 2 is 1.88 bits per heavy atom. The van der Waals surface area contributed by atoms with Crippen LogP contribution in [0, 0.1) is 13.8 Å². The van der Waals surface area contributed by atoms with Crippen molar-refractivity contribution in [2.24, 2.45) is 0 Å². The highest BCUT2D eigenvalue weighted by Crippen LogP contribution is 2.29. The monoisotopic (exact) mass is 335 g/mol. The summed E-state index contributed by atoms with van der Waals surface area (Å²) in [5, 5.41) is 4.04. The fourth-order valence-corrected chi connectivity index (χ4v) is 2.94. The summed E-state index contributed by atoms with van der Waals surface area (Å²) in [5.41, 5.74) is 6.17. The van der Waals surface area contributed by atoms with Crippen LogP contribution in [0.25, 0.3) is 11.0 Å². The molecule has 2 aromatic carbocycles. The van der Waals surface area contributed by atoms with E-state index in [-0.39, 0.29) is 11.3 Å². The molecule has 25 heavy (non-hydrogen) atoms. The van der Waals surface area contributed by atoms with Gasteiger partial charge in [-0.15, -0.1) is 0 Å². The average molecular weight is 335 g/mol. The van der Waals surface area contributed by atoms with Crippen molar-refractivity contribution in [3.05, 3.63) is 64.9 Å². The third-order valence-corrected chi connectivity index (χ3v) is 4.75. The van der Waals surface area contributed by atoms with E-state index in [4.69, 9.17) is 4.42 Å². The predicted octanol–water partition coefficient (Wildman–Crippen LogP) is 5.53. The standard InChI is InChI=1S/C22H25NO2/c1-14-7-6-8-19(15(14)2)23-21(24)11-16-13-25-20-10-9-17(12-18(16)20)22(3,4)5/h6-10,12-13H,11H2,1-5H3,(H,23,24). The molecule has 130 valence electrons. The first-order chi connectivity index (χ1) is 11.8.